The van der Waals surface area contributed by atoms with Crippen molar-refractivity contribution in [3.05, 3.63) is 24.0 Å². The van der Waals surface area contributed by atoms with Gasteiger partial charge >= 0.3 is 0 Å². The minimum Gasteiger partial charge on any atom is -0.497 e. The van der Waals surface area contributed by atoms with Crippen molar-refractivity contribution < 1.29 is 4.74 Å². The van der Waals surface area contributed by atoms with Gasteiger partial charge in [0.15, 0.2) is 0 Å². The molecular weight excluding hydrogens is 196 g/mol. The Labute approximate surface area is 88.1 Å². The molecule has 0 saturated carbocycles. The number of hydrogen-bond donors (Lipinski definition) is 0. The van der Waals surface area contributed by atoms with Crippen molar-refractivity contribution in [2.24, 2.45) is 0 Å². The van der Waals surface area contributed by atoms with Crippen LogP contribution in [0, 0.1) is 11.3 Å². The lowest BCUT2D eigenvalue weighted by Gasteiger charge is -2.02. The van der Waals surface area contributed by atoms with Gasteiger partial charge in [-0.05, 0) is 6.07 Å². The molecule has 0 aromatic carbocycles. The van der Waals surface area contributed by atoms with E-state index in [1.807, 2.05) is 12.1 Å². The minimum atomic E-state index is 0.592. The molecule has 0 aliphatic carbocycles. The molecule has 3 nitrogen and oxygen atoms in total. The van der Waals surface area contributed by atoms with Gasteiger partial charge in [-0.25, -0.2) is 0 Å². The zero-order valence-electron chi connectivity index (χ0n) is 8.06. The van der Waals surface area contributed by atoms with Crippen LogP contribution >= 0.6 is 11.8 Å². The summed E-state index contributed by atoms with van der Waals surface area (Å²) >= 11 is 1.71. The molecule has 0 saturated heterocycles. The van der Waals surface area contributed by atoms with Crippen LogP contribution in [0.1, 0.15) is 12.1 Å². The van der Waals surface area contributed by atoms with Crippen molar-refractivity contribution in [2.45, 2.75) is 12.2 Å². The lowest BCUT2D eigenvalue weighted by atomic mass is 10.3. The zero-order valence-corrected chi connectivity index (χ0v) is 8.88. The third kappa shape index (κ3) is 3.67. The second kappa shape index (κ2) is 6.28. The van der Waals surface area contributed by atoms with Gasteiger partial charge in [0.1, 0.15) is 5.75 Å². The number of nitriles is 1. The highest BCUT2D eigenvalue weighted by Gasteiger charge is 1.97. The Balaban J connectivity index is 2.39. The van der Waals surface area contributed by atoms with Gasteiger partial charge in [0.2, 0.25) is 0 Å². The van der Waals surface area contributed by atoms with Gasteiger partial charge in [-0.2, -0.15) is 17.0 Å². The molecule has 0 bridgehead atoms. The van der Waals surface area contributed by atoms with E-state index in [-0.39, 0.29) is 0 Å². The van der Waals surface area contributed by atoms with Gasteiger partial charge in [0.25, 0.3) is 0 Å². The molecule has 14 heavy (non-hydrogen) atoms. The molecule has 1 rings (SSSR count). The highest BCUT2D eigenvalue weighted by Crippen LogP contribution is 2.15. The highest BCUT2D eigenvalue weighted by atomic mass is 32.2. The number of methoxy groups -OCH3 is 1. The molecule has 1 aromatic heterocycles. The maximum absolute atomic E-state index is 8.35. The summed E-state index contributed by atoms with van der Waals surface area (Å²) in [6.07, 6.45) is 2.33. The third-order valence-corrected chi connectivity index (χ3v) is 2.62. The molecule has 0 spiro atoms. The minimum absolute atomic E-state index is 0.592. The van der Waals surface area contributed by atoms with Crippen LogP contribution in [-0.2, 0) is 5.75 Å². The standard InChI is InChI=1S/C10H12N2OS/c1-13-10-3-5-12-9(7-10)8-14-6-2-4-11/h3,5,7H,2,6,8H2,1H3. The van der Waals surface area contributed by atoms with Crippen LogP contribution in [0.5, 0.6) is 5.75 Å². The second-order valence-corrected chi connectivity index (χ2v) is 3.75. The van der Waals surface area contributed by atoms with Crippen molar-refractivity contribution in [1.82, 2.24) is 4.98 Å². The van der Waals surface area contributed by atoms with E-state index in [0.717, 1.165) is 22.9 Å². The SMILES string of the molecule is COc1ccnc(CSCCC#N)c1. The summed E-state index contributed by atoms with van der Waals surface area (Å²) in [5, 5.41) is 8.35. The number of aromatic nitrogens is 1. The van der Waals surface area contributed by atoms with Crippen LogP contribution in [0.4, 0.5) is 0 Å². The average Bonchev–Trinajstić information content (AvgIpc) is 2.25. The molecule has 0 fully saturated rings. The molecule has 0 amide bonds. The first-order valence-corrected chi connectivity index (χ1v) is 5.46. The number of nitrogens with zero attached hydrogens (tertiary/aromatic N) is 2. The summed E-state index contributed by atoms with van der Waals surface area (Å²) in [5.41, 5.74) is 0.993. The van der Waals surface area contributed by atoms with Crippen molar-refractivity contribution in [3.63, 3.8) is 0 Å². The Kier molecular flexibility index (Phi) is 4.87. The van der Waals surface area contributed by atoms with Crippen molar-refractivity contribution >= 4 is 11.8 Å². The summed E-state index contributed by atoms with van der Waals surface area (Å²) in [7, 11) is 1.64. The predicted molar refractivity (Wildman–Crippen MR) is 57.2 cm³/mol. The molecule has 1 aromatic rings. The van der Waals surface area contributed by atoms with E-state index in [1.54, 1.807) is 25.1 Å². The van der Waals surface area contributed by atoms with E-state index in [0.29, 0.717) is 6.42 Å². The summed E-state index contributed by atoms with van der Waals surface area (Å²) in [6, 6.07) is 5.85. The van der Waals surface area contributed by atoms with E-state index < -0.39 is 0 Å². The Hall–Kier alpha value is -1.21. The fourth-order valence-electron chi connectivity index (χ4n) is 0.957. The molecule has 0 radical (unpaired) electrons. The Morgan fingerprint density at radius 2 is 2.50 bits per heavy atom. The lowest BCUT2D eigenvalue weighted by molar-refractivity contribution is 0.413. The summed E-state index contributed by atoms with van der Waals surface area (Å²) in [6.45, 7) is 0. The Bertz CT molecular complexity index is 322. The van der Waals surface area contributed by atoms with Gasteiger partial charge in [-0.3, -0.25) is 4.98 Å². The van der Waals surface area contributed by atoms with E-state index in [1.165, 1.54) is 0 Å². The second-order valence-electron chi connectivity index (χ2n) is 2.65. The first-order chi connectivity index (χ1) is 6.86. The molecular formula is C10H12N2OS. The van der Waals surface area contributed by atoms with Crippen LogP contribution in [0.2, 0.25) is 0 Å². The van der Waals surface area contributed by atoms with Crippen LogP contribution in [0.3, 0.4) is 0 Å². The largest absolute Gasteiger partial charge is 0.497 e. The predicted octanol–water partition coefficient (Wildman–Crippen LogP) is 2.24. The molecule has 74 valence electrons. The quantitative estimate of drug-likeness (QED) is 0.696. The van der Waals surface area contributed by atoms with Crippen molar-refractivity contribution in [2.75, 3.05) is 12.9 Å². The molecule has 0 aliphatic rings. The molecule has 1 heterocycles. The Morgan fingerprint density at radius 3 is 3.21 bits per heavy atom. The highest BCUT2D eigenvalue weighted by molar-refractivity contribution is 7.98. The van der Waals surface area contributed by atoms with Gasteiger partial charge in [-0.15, -0.1) is 0 Å². The van der Waals surface area contributed by atoms with Gasteiger partial charge in [0.05, 0.1) is 18.9 Å². The van der Waals surface area contributed by atoms with Crippen LogP contribution in [0.15, 0.2) is 18.3 Å². The smallest absolute Gasteiger partial charge is 0.122 e. The van der Waals surface area contributed by atoms with E-state index in [2.05, 4.69) is 11.1 Å². The monoisotopic (exact) mass is 208 g/mol. The molecule has 0 aliphatic heterocycles. The lowest BCUT2D eigenvalue weighted by Crippen LogP contribution is -1.90. The first kappa shape index (κ1) is 10.9. The number of pyridine rings is 1. The topological polar surface area (TPSA) is 45.9 Å². The van der Waals surface area contributed by atoms with E-state index >= 15 is 0 Å². The molecule has 0 N–H and O–H groups in total. The van der Waals surface area contributed by atoms with Crippen LogP contribution in [-0.4, -0.2) is 17.8 Å². The van der Waals surface area contributed by atoms with Crippen LogP contribution < -0.4 is 4.74 Å². The zero-order chi connectivity index (χ0) is 10.2. The fraction of sp³-hybridized carbons (Fsp3) is 0.400. The summed E-state index contributed by atoms with van der Waals surface area (Å²) in [5.74, 6) is 2.52. The summed E-state index contributed by atoms with van der Waals surface area (Å²) in [4.78, 5) is 4.20. The number of ether oxygens (including phenoxy) is 1. The number of rotatable bonds is 5. The fourth-order valence-corrected chi connectivity index (χ4v) is 1.70. The third-order valence-electron chi connectivity index (χ3n) is 1.63. The maximum atomic E-state index is 8.35. The Morgan fingerprint density at radius 1 is 1.64 bits per heavy atom. The number of hydrogen-bond acceptors (Lipinski definition) is 4. The maximum Gasteiger partial charge on any atom is 0.122 e. The average molecular weight is 208 g/mol. The van der Waals surface area contributed by atoms with Crippen molar-refractivity contribution in [3.8, 4) is 11.8 Å². The number of thioether (sulfide) groups is 1. The van der Waals surface area contributed by atoms with Crippen molar-refractivity contribution in [1.29, 1.82) is 5.26 Å². The van der Waals surface area contributed by atoms with Gasteiger partial charge in [0, 0.05) is 30.2 Å². The summed E-state index contributed by atoms with van der Waals surface area (Å²) < 4.78 is 5.08. The van der Waals surface area contributed by atoms with Gasteiger partial charge in [-0.1, -0.05) is 0 Å². The molecule has 0 atom stereocenters. The van der Waals surface area contributed by atoms with Gasteiger partial charge < -0.3 is 4.74 Å². The first-order valence-electron chi connectivity index (χ1n) is 4.30. The molecule has 0 unspecified atom stereocenters. The molecule has 4 heteroatoms. The normalized spacial score (nSPS) is 9.43. The van der Waals surface area contributed by atoms with E-state index in [9.17, 15) is 0 Å². The van der Waals surface area contributed by atoms with Crippen LogP contribution in [0.25, 0.3) is 0 Å². The van der Waals surface area contributed by atoms with E-state index in [4.69, 9.17) is 10.00 Å².